The Morgan fingerprint density at radius 3 is 2.62 bits per heavy atom. The van der Waals surface area contributed by atoms with Crippen LogP contribution in [0.2, 0.25) is 0 Å². The molecule has 1 aromatic heterocycles. The minimum Gasteiger partial charge on any atom is -0.396 e. The Labute approximate surface area is 130 Å². The lowest BCUT2D eigenvalue weighted by Crippen LogP contribution is -2.38. The average Bonchev–Trinajstić information content (AvgIpc) is 2.77. The summed E-state index contributed by atoms with van der Waals surface area (Å²) in [4.78, 5) is 15.0. The van der Waals surface area contributed by atoms with Crippen LogP contribution < -0.4 is 10.6 Å². The van der Waals surface area contributed by atoms with Gasteiger partial charge in [-0.15, -0.1) is 11.3 Å². The largest absolute Gasteiger partial charge is 0.396 e. The Morgan fingerprint density at radius 2 is 2.10 bits per heavy atom. The maximum atomic E-state index is 12.2. The van der Waals surface area contributed by atoms with Gasteiger partial charge in [-0.1, -0.05) is 27.7 Å². The molecule has 0 spiro atoms. The highest BCUT2D eigenvalue weighted by atomic mass is 32.1. The van der Waals surface area contributed by atoms with E-state index in [4.69, 9.17) is 5.73 Å². The number of Topliss-reactive ketones (excluding diaryl/α,β-unsaturated/α-hetero) is 1. The molecule has 0 aromatic carbocycles. The van der Waals surface area contributed by atoms with Crippen LogP contribution in [-0.2, 0) is 0 Å². The summed E-state index contributed by atoms with van der Waals surface area (Å²) in [7, 11) is 0. The molecule has 114 valence electrons. The first-order chi connectivity index (χ1) is 9.86. The first-order valence-electron chi connectivity index (χ1n) is 7.48. The van der Waals surface area contributed by atoms with Crippen LogP contribution in [0.5, 0.6) is 0 Å². The molecule has 2 heterocycles. The van der Waals surface area contributed by atoms with Gasteiger partial charge in [-0.05, 0) is 18.3 Å². The third-order valence-electron chi connectivity index (χ3n) is 4.41. The van der Waals surface area contributed by atoms with E-state index in [-0.39, 0.29) is 11.7 Å². The van der Waals surface area contributed by atoms with E-state index < -0.39 is 0 Å². The van der Waals surface area contributed by atoms with Crippen LogP contribution in [0, 0.1) is 29.1 Å². The van der Waals surface area contributed by atoms with Crippen LogP contribution in [0.15, 0.2) is 0 Å². The molecule has 1 aromatic rings. The Kier molecular flexibility index (Phi) is 4.58. The van der Waals surface area contributed by atoms with Gasteiger partial charge in [0.15, 0.2) is 5.78 Å². The molecule has 2 unspecified atom stereocenters. The zero-order chi connectivity index (χ0) is 15.7. The van der Waals surface area contributed by atoms with Gasteiger partial charge in [0.2, 0.25) is 0 Å². The summed E-state index contributed by atoms with van der Waals surface area (Å²) >= 11 is 1.39. The molecule has 1 aliphatic heterocycles. The number of piperidine rings is 1. The van der Waals surface area contributed by atoms with Gasteiger partial charge in [0, 0.05) is 19.0 Å². The number of ketones is 1. The van der Waals surface area contributed by atoms with Crippen molar-refractivity contribution in [2.45, 2.75) is 34.1 Å². The van der Waals surface area contributed by atoms with Crippen LogP contribution in [0.25, 0.3) is 0 Å². The average molecular weight is 305 g/mol. The predicted octanol–water partition coefficient (Wildman–Crippen LogP) is 3.52. The first-order valence-corrected chi connectivity index (χ1v) is 8.30. The van der Waals surface area contributed by atoms with Crippen molar-refractivity contribution in [3.05, 3.63) is 10.4 Å². The molecule has 0 saturated carbocycles. The lowest BCUT2D eigenvalue weighted by Gasteiger charge is -2.36. The second-order valence-corrected chi connectivity index (χ2v) is 7.34. The molecule has 4 nitrogen and oxygen atoms in total. The van der Waals surface area contributed by atoms with Crippen LogP contribution in [0.1, 0.15) is 49.4 Å². The van der Waals surface area contributed by atoms with Crippen LogP contribution in [0.4, 0.5) is 10.7 Å². The number of hydrogen-bond donors (Lipinski definition) is 1. The van der Waals surface area contributed by atoms with Crippen LogP contribution >= 0.6 is 11.3 Å². The Morgan fingerprint density at radius 1 is 1.43 bits per heavy atom. The molecule has 0 amide bonds. The number of nitriles is 1. The minimum atomic E-state index is -0.106. The fourth-order valence-electron chi connectivity index (χ4n) is 2.65. The normalized spacial score (nSPS) is 22.4. The van der Waals surface area contributed by atoms with Crippen molar-refractivity contribution in [2.24, 2.45) is 17.8 Å². The fraction of sp³-hybridized carbons (Fsp3) is 0.625. The van der Waals surface area contributed by atoms with Gasteiger partial charge in [0.25, 0.3) is 0 Å². The van der Waals surface area contributed by atoms with E-state index in [0.717, 1.165) is 24.5 Å². The van der Waals surface area contributed by atoms with E-state index in [1.54, 1.807) is 0 Å². The number of nitrogen functional groups attached to an aromatic ring is 1. The maximum Gasteiger partial charge on any atom is 0.177 e. The SMILES string of the molecule is CC(C)C(=O)c1sc(N2CCC(C)C(C)C2)c(C#N)c1N. The summed E-state index contributed by atoms with van der Waals surface area (Å²) in [6.07, 6.45) is 1.11. The number of thiophene rings is 1. The highest BCUT2D eigenvalue weighted by Gasteiger charge is 2.29. The topological polar surface area (TPSA) is 70.1 Å². The summed E-state index contributed by atoms with van der Waals surface area (Å²) in [5.41, 5.74) is 6.90. The lowest BCUT2D eigenvalue weighted by atomic mass is 9.89. The summed E-state index contributed by atoms with van der Waals surface area (Å²) in [5.74, 6) is 1.20. The van der Waals surface area contributed by atoms with Crippen molar-refractivity contribution in [3.8, 4) is 6.07 Å². The number of hydrogen-bond acceptors (Lipinski definition) is 5. The summed E-state index contributed by atoms with van der Waals surface area (Å²) in [5, 5.41) is 10.3. The quantitative estimate of drug-likeness (QED) is 0.867. The highest BCUT2D eigenvalue weighted by molar-refractivity contribution is 7.19. The summed E-state index contributed by atoms with van der Waals surface area (Å²) in [6, 6.07) is 2.19. The molecular weight excluding hydrogens is 282 g/mol. The van der Waals surface area contributed by atoms with Crippen molar-refractivity contribution >= 4 is 27.8 Å². The molecular formula is C16H23N3OS. The molecule has 0 radical (unpaired) electrons. The summed E-state index contributed by atoms with van der Waals surface area (Å²) < 4.78 is 0. The molecule has 1 fully saturated rings. The standard InChI is InChI=1S/C16H23N3OS/c1-9(2)14(20)15-13(18)12(7-17)16(21-15)19-6-5-10(3)11(4)8-19/h9-11H,5-6,8,18H2,1-4H3. The van der Waals surface area contributed by atoms with E-state index in [0.29, 0.717) is 28.0 Å². The molecule has 1 aliphatic rings. The van der Waals surface area contributed by atoms with Gasteiger partial charge < -0.3 is 10.6 Å². The van der Waals surface area contributed by atoms with Crippen LogP contribution in [-0.4, -0.2) is 18.9 Å². The van der Waals surface area contributed by atoms with Gasteiger partial charge in [-0.2, -0.15) is 5.26 Å². The number of rotatable bonds is 3. The monoisotopic (exact) mass is 305 g/mol. The molecule has 21 heavy (non-hydrogen) atoms. The molecule has 2 rings (SSSR count). The van der Waals surface area contributed by atoms with E-state index in [2.05, 4.69) is 24.8 Å². The number of carbonyl (C=O) groups is 1. The van der Waals surface area contributed by atoms with E-state index in [1.807, 2.05) is 13.8 Å². The molecule has 2 atom stereocenters. The predicted molar refractivity (Wildman–Crippen MR) is 87.8 cm³/mol. The molecule has 1 saturated heterocycles. The van der Waals surface area contributed by atoms with Crippen molar-refractivity contribution < 1.29 is 4.79 Å². The van der Waals surface area contributed by atoms with Crippen molar-refractivity contribution in [1.29, 1.82) is 5.26 Å². The number of anilines is 2. The first kappa shape index (κ1) is 15.8. The Hall–Kier alpha value is -1.54. The van der Waals surface area contributed by atoms with Crippen molar-refractivity contribution in [2.75, 3.05) is 23.7 Å². The van der Waals surface area contributed by atoms with Crippen molar-refractivity contribution in [3.63, 3.8) is 0 Å². The van der Waals surface area contributed by atoms with Gasteiger partial charge in [-0.3, -0.25) is 4.79 Å². The maximum absolute atomic E-state index is 12.2. The third kappa shape index (κ3) is 2.91. The molecule has 2 N–H and O–H groups in total. The van der Waals surface area contributed by atoms with Gasteiger partial charge in [0.1, 0.15) is 16.6 Å². The number of carbonyl (C=O) groups excluding carboxylic acids is 1. The Balaban J connectivity index is 2.39. The molecule has 0 bridgehead atoms. The molecule has 0 aliphatic carbocycles. The van der Waals surface area contributed by atoms with Gasteiger partial charge >= 0.3 is 0 Å². The third-order valence-corrected chi connectivity index (χ3v) is 5.69. The summed E-state index contributed by atoms with van der Waals surface area (Å²) in [6.45, 7) is 10.1. The Bertz CT molecular complexity index is 585. The van der Waals surface area contributed by atoms with Crippen LogP contribution in [0.3, 0.4) is 0 Å². The fourth-order valence-corrected chi connectivity index (χ4v) is 3.95. The van der Waals surface area contributed by atoms with Gasteiger partial charge in [0.05, 0.1) is 10.6 Å². The minimum absolute atomic E-state index is 0.0266. The highest BCUT2D eigenvalue weighted by Crippen LogP contribution is 2.41. The smallest absolute Gasteiger partial charge is 0.177 e. The van der Waals surface area contributed by atoms with E-state index in [9.17, 15) is 10.1 Å². The lowest BCUT2D eigenvalue weighted by molar-refractivity contribution is 0.0944. The zero-order valence-electron chi connectivity index (χ0n) is 13.1. The van der Waals surface area contributed by atoms with Crippen molar-refractivity contribution in [1.82, 2.24) is 0 Å². The number of nitrogens with two attached hydrogens (primary N) is 1. The van der Waals surface area contributed by atoms with Gasteiger partial charge in [-0.25, -0.2) is 0 Å². The zero-order valence-corrected chi connectivity index (χ0v) is 14.0. The van der Waals surface area contributed by atoms with E-state index in [1.165, 1.54) is 11.3 Å². The van der Waals surface area contributed by atoms with E-state index >= 15 is 0 Å². The second-order valence-electron chi connectivity index (χ2n) is 6.35. The molecule has 5 heteroatoms. The second kappa shape index (κ2) is 6.07. The number of nitrogens with zero attached hydrogens (tertiary/aromatic N) is 2.